The second-order valence-electron chi connectivity index (χ2n) is 5.61. The zero-order chi connectivity index (χ0) is 15.2. The molecule has 0 radical (unpaired) electrons. The number of hydrogen-bond donors (Lipinski definition) is 2. The molecule has 0 aliphatic carbocycles. The molecule has 0 aliphatic rings. The third-order valence-electron chi connectivity index (χ3n) is 3.32. The van der Waals surface area contributed by atoms with E-state index in [0.717, 1.165) is 16.8 Å². The molecule has 0 spiro atoms. The molecule has 2 rings (SSSR count). The molecule has 0 unspecified atom stereocenters. The van der Waals surface area contributed by atoms with Crippen LogP contribution >= 0.6 is 0 Å². The smallest absolute Gasteiger partial charge is 0.326 e. The van der Waals surface area contributed by atoms with E-state index in [4.69, 9.17) is 0 Å². The molecule has 0 saturated heterocycles. The minimum atomic E-state index is -0.811. The highest BCUT2D eigenvalue weighted by Gasteiger charge is 2.18. The molecule has 0 heterocycles. The first kappa shape index (κ1) is 15.1. The fourth-order valence-corrected chi connectivity index (χ4v) is 2.31. The van der Waals surface area contributed by atoms with Gasteiger partial charge >= 0.3 is 5.97 Å². The molecule has 0 amide bonds. The monoisotopic (exact) mass is 283 g/mol. The van der Waals surface area contributed by atoms with E-state index < -0.39 is 12.0 Å². The highest BCUT2D eigenvalue weighted by atomic mass is 16.4. The first-order valence-electron chi connectivity index (χ1n) is 7.21. The zero-order valence-electron chi connectivity index (χ0n) is 12.4. The van der Waals surface area contributed by atoms with Gasteiger partial charge in [-0.25, -0.2) is 4.79 Å². The molecule has 2 N–H and O–H groups in total. The maximum Gasteiger partial charge on any atom is 0.326 e. The van der Waals surface area contributed by atoms with E-state index in [2.05, 4.69) is 5.32 Å². The van der Waals surface area contributed by atoms with Crippen molar-refractivity contribution < 1.29 is 9.90 Å². The normalized spacial score (nSPS) is 12.1. The van der Waals surface area contributed by atoms with Crippen molar-refractivity contribution in [2.45, 2.75) is 26.3 Å². The number of anilines is 1. The van der Waals surface area contributed by atoms with Crippen molar-refractivity contribution in [3.63, 3.8) is 0 Å². The summed E-state index contributed by atoms with van der Waals surface area (Å²) in [6.07, 6.45) is 0.602. The molecule has 0 aliphatic heterocycles. The largest absolute Gasteiger partial charge is 0.480 e. The van der Waals surface area contributed by atoms with Crippen LogP contribution in [0.1, 0.15) is 20.3 Å². The van der Waals surface area contributed by atoms with Crippen molar-refractivity contribution in [2.24, 2.45) is 5.92 Å². The van der Waals surface area contributed by atoms with E-state index in [1.54, 1.807) is 0 Å². The molecule has 0 bridgehead atoms. The third-order valence-corrected chi connectivity index (χ3v) is 3.32. The summed E-state index contributed by atoms with van der Waals surface area (Å²) in [5.74, 6) is -0.482. The summed E-state index contributed by atoms with van der Waals surface area (Å²) in [5, 5.41) is 12.4. The summed E-state index contributed by atoms with van der Waals surface area (Å²) in [6.45, 7) is 4.05. The molecule has 3 heteroatoms. The third kappa shape index (κ3) is 4.35. The number of carbonyl (C=O) groups is 1. The number of carboxylic acids is 1. The number of hydrogen-bond acceptors (Lipinski definition) is 2. The van der Waals surface area contributed by atoms with Gasteiger partial charge in [-0.1, -0.05) is 56.3 Å². The van der Waals surface area contributed by atoms with Gasteiger partial charge in [-0.2, -0.15) is 0 Å². The van der Waals surface area contributed by atoms with E-state index >= 15 is 0 Å². The summed E-state index contributed by atoms with van der Waals surface area (Å²) >= 11 is 0. The summed E-state index contributed by atoms with van der Waals surface area (Å²) < 4.78 is 0. The lowest BCUT2D eigenvalue weighted by Gasteiger charge is -2.18. The molecule has 110 valence electrons. The Kier molecular flexibility index (Phi) is 4.99. The number of benzene rings is 2. The quantitative estimate of drug-likeness (QED) is 0.832. The van der Waals surface area contributed by atoms with Crippen molar-refractivity contribution in [1.29, 1.82) is 0 Å². The van der Waals surface area contributed by atoms with Crippen LogP contribution in [0.2, 0.25) is 0 Å². The van der Waals surface area contributed by atoms with Crippen molar-refractivity contribution in [1.82, 2.24) is 0 Å². The molecule has 2 aromatic carbocycles. The predicted molar refractivity (Wildman–Crippen MR) is 86.4 cm³/mol. The van der Waals surface area contributed by atoms with Gasteiger partial charge < -0.3 is 10.4 Å². The Morgan fingerprint density at radius 1 is 1.05 bits per heavy atom. The summed E-state index contributed by atoms with van der Waals surface area (Å²) in [5.41, 5.74) is 3.04. The standard InChI is InChI=1S/C18H21NO2/c1-13(2)11-17(18(20)21)19-16-10-6-9-15(12-16)14-7-4-3-5-8-14/h3-10,12-13,17,19H,11H2,1-2H3,(H,20,21)/t17-/m0/s1. The van der Waals surface area contributed by atoms with Crippen LogP contribution in [0.25, 0.3) is 11.1 Å². The van der Waals surface area contributed by atoms with Crippen LogP contribution in [0, 0.1) is 5.92 Å². The highest BCUT2D eigenvalue weighted by Crippen LogP contribution is 2.23. The Bertz CT molecular complexity index is 593. The summed E-state index contributed by atoms with van der Waals surface area (Å²) in [6, 6.07) is 17.4. The molecule has 3 nitrogen and oxygen atoms in total. The first-order valence-corrected chi connectivity index (χ1v) is 7.21. The van der Waals surface area contributed by atoms with E-state index in [-0.39, 0.29) is 0 Å². The number of carboxylic acid groups (broad SMARTS) is 1. The lowest BCUT2D eigenvalue weighted by Crippen LogP contribution is -2.30. The van der Waals surface area contributed by atoms with Crippen molar-refractivity contribution in [3.8, 4) is 11.1 Å². The molecule has 0 aromatic heterocycles. The molecule has 21 heavy (non-hydrogen) atoms. The van der Waals surface area contributed by atoms with E-state index in [0.29, 0.717) is 12.3 Å². The zero-order valence-corrected chi connectivity index (χ0v) is 12.4. The Morgan fingerprint density at radius 2 is 1.71 bits per heavy atom. The van der Waals surface area contributed by atoms with Crippen LogP contribution in [0.5, 0.6) is 0 Å². The van der Waals surface area contributed by atoms with Crippen LogP contribution in [-0.4, -0.2) is 17.1 Å². The average Bonchev–Trinajstić information content (AvgIpc) is 2.47. The number of nitrogens with one attached hydrogen (secondary N) is 1. The van der Waals surface area contributed by atoms with E-state index in [9.17, 15) is 9.90 Å². The number of rotatable bonds is 6. The van der Waals surface area contributed by atoms with Crippen molar-refractivity contribution in [2.75, 3.05) is 5.32 Å². The Hall–Kier alpha value is -2.29. The van der Waals surface area contributed by atoms with Crippen LogP contribution in [0.3, 0.4) is 0 Å². The van der Waals surface area contributed by atoms with Crippen LogP contribution < -0.4 is 5.32 Å². The summed E-state index contributed by atoms with van der Waals surface area (Å²) in [7, 11) is 0. The molecular weight excluding hydrogens is 262 g/mol. The van der Waals surface area contributed by atoms with Crippen molar-refractivity contribution in [3.05, 3.63) is 54.6 Å². The average molecular weight is 283 g/mol. The highest BCUT2D eigenvalue weighted by molar-refractivity contribution is 5.78. The van der Waals surface area contributed by atoms with Gasteiger partial charge in [-0.3, -0.25) is 0 Å². The van der Waals surface area contributed by atoms with E-state index in [1.807, 2.05) is 68.4 Å². The lowest BCUT2D eigenvalue weighted by molar-refractivity contribution is -0.138. The first-order chi connectivity index (χ1) is 10.1. The van der Waals surface area contributed by atoms with Gasteiger partial charge in [0.15, 0.2) is 0 Å². The molecule has 0 fully saturated rings. The van der Waals surface area contributed by atoms with Gasteiger partial charge in [-0.05, 0) is 35.6 Å². The van der Waals surface area contributed by atoms with Gasteiger partial charge in [0.1, 0.15) is 6.04 Å². The van der Waals surface area contributed by atoms with Crippen LogP contribution in [-0.2, 0) is 4.79 Å². The number of aliphatic carboxylic acids is 1. The second-order valence-corrected chi connectivity index (χ2v) is 5.61. The fourth-order valence-electron chi connectivity index (χ4n) is 2.31. The topological polar surface area (TPSA) is 49.3 Å². The van der Waals surface area contributed by atoms with Crippen LogP contribution in [0.15, 0.2) is 54.6 Å². The Morgan fingerprint density at radius 3 is 2.33 bits per heavy atom. The fraction of sp³-hybridized carbons (Fsp3) is 0.278. The SMILES string of the molecule is CC(C)C[C@H](Nc1cccc(-c2ccccc2)c1)C(=O)O. The lowest BCUT2D eigenvalue weighted by atomic mass is 10.0. The summed E-state index contributed by atoms with van der Waals surface area (Å²) in [4.78, 5) is 11.3. The maximum atomic E-state index is 11.3. The van der Waals surface area contributed by atoms with Gasteiger partial charge in [-0.15, -0.1) is 0 Å². The minimum Gasteiger partial charge on any atom is -0.480 e. The van der Waals surface area contributed by atoms with Gasteiger partial charge in [0.2, 0.25) is 0 Å². The van der Waals surface area contributed by atoms with Gasteiger partial charge in [0.05, 0.1) is 0 Å². The Balaban J connectivity index is 2.19. The van der Waals surface area contributed by atoms with E-state index in [1.165, 1.54) is 0 Å². The second kappa shape index (κ2) is 6.93. The van der Waals surface area contributed by atoms with Crippen molar-refractivity contribution >= 4 is 11.7 Å². The Labute approximate surface area is 125 Å². The molecule has 1 atom stereocenters. The van der Waals surface area contributed by atoms with Gasteiger partial charge in [0, 0.05) is 5.69 Å². The molecule has 0 saturated carbocycles. The molecule has 2 aromatic rings. The predicted octanol–water partition coefficient (Wildman–Crippen LogP) is 4.26. The molecular formula is C18H21NO2. The minimum absolute atomic E-state index is 0.330. The van der Waals surface area contributed by atoms with Crippen LogP contribution in [0.4, 0.5) is 5.69 Å². The van der Waals surface area contributed by atoms with Gasteiger partial charge in [0.25, 0.3) is 0 Å². The maximum absolute atomic E-state index is 11.3.